The van der Waals surface area contributed by atoms with Crippen LogP contribution in [0.4, 0.5) is 0 Å². The molecular weight excluding hydrogens is 637 g/mol. The van der Waals surface area contributed by atoms with E-state index in [1.807, 2.05) is 78.9 Å². The minimum atomic E-state index is -0.879. The fraction of sp³-hybridized carbons (Fsp3) is 0.0213. The Balaban J connectivity index is 1.21. The number of hydrogen-bond acceptors (Lipinski definition) is 5. The average Bonchev–Trinajstić information content (AvgIpc) is 3.24. The Morgan fingerprint density at radius 1 is 0.423 bits per heavy atom. The van der Waals surface area contributed by atoms with E-state index < -0.39 is 5.60 Å². The van der Waals surface area contributed by atoms with Crippen LogP contribution in [0.5, 0.6) is 5.75 Å². The smallest absolute Gasteiger partial charge is 0.185 e. The molecule has 0 radical (unpaired) electrons. The summed E-state index contributed by atoms with van der Waals surface area (Å²) in [6, 6.07) is 63.5. The number of aromatic nitrogens is 3. The van der Waals surface area contributed by atoms with Gasteiger partial charge in [0.25, 0.3) is 0 Å². The van der Waals surface area contributed by atoms with Crippen molar-refractivity contribution in [2.24, 2.45) is 0 Å². The van der Waals surface area contributed by atoms with E-state index in [1.54, 1.807) is 0 Å². The molecule has 0 fully saturated rings. The van der Waals surface area contributed by atoms with Crippen molar-refractivity contribution in [3.8, 4) is 68.2 Å². The van der Waals surface area contributed by atoms with E-state index in [2.05, 4.69) is 109 Å². The summed E-state index contributed by atoms with van der Waals surface area (Å²) in [6.07, 6.45) is 0. The third-order valence-electron chi connectivity index (χ3n) is 9.60. The van der Waals surface area contributed by atoms with Crippen molar-refractivity contribution < 1.29 is 4.74 Å². The van der Waals surface area contributed by atoms with Crippen LogP contribution in [0.25, 0.3) is 56.4 Å². The van der Waals surface area contributed by atoms with Crippen LogP contribution in [0.15, 0.2) is 182 Å². The summed E-state index contributed by atoms with van der Waals surface area (Å²) in [7, 11) is 0. The van der Waals surface area contributed by atoms with Crippen LogP contribution in [-0.4, -0.2) is 15.0 Å². The Morgan fingerprint density at radius 3 is 1.60 bits per heavy atom. The van der Waals surface area contributed by atoms with E-state index in [9.17, 15) is 5.26 Å². The van der Waals surface area contributed by atoms with E-state index in [0.717, 1.165) is 61.4 Å². The van der Waals surface area contributed by atoms with Crippen LogP contribution in [0.2, 0.25) is 0 Å². The Labute approximate surface area is 302 Å². The molecule has 0 bridgehead atoms. The van der Waals surface area contributed by atoms with Crippen molar-refractivity contribution in [2.75, 3.05) is 0 Å². The minimum absolute atomic E-state index is 0.544. The molecule has 0 aliphatic carbocycles. The summed E-state index contributed by atoms with van der Waals surface area (Å²) in [4.78, 5) is 15.1. The maximum atomic E-state index is 9.29. The highest BCUT2D eigenvalue weighted by molar-refractivity contribution is 5.82. The first-order chi connectivity index (χ1) is 25.7. The second-order valence-corrected chi connectivity index (χ2v) is 12.7. The molecule has 0 amide bonds. The number of ether oxygens (including phenoxy) is 1. The van der Waals surface area contributed by atoms with Gasteiger partial charge < -0.3 is 4.74 Å². The van der Waals surface area contributed by atoms with Gasteiger partial charge >= 0.3 is 0 Å². The zero-order valence-electron chi connectivity index (χ0n) is 28.0. The third-order valence-corrected chi connectivity index (χ3v) is 9.60. The molecule has 5 nitrogen and oxygen atoms in total. The largest absolute Gasteiger partial charge is 0.472 e. The molecule has 9 rings (SSSR count). The standard InChI is InChI=1S/C47H30N4O/c48-31-32-23-25-33(26-24-32)35-15-12-16-36(29-35)45-49-44(34-13-4-1-5-14-34)50-46(51-45)37-27-28-41-40-21-10-11-22-42(40)47(52-43(41)30-37,38-17-6-2-7-18-38)39-19-8-3-9-20-39/h1-30H. The van der Waals surface area contributed by atoms with Gasteiger partial charge in [-0.25, -0.2) is 15.0 Å². The lowest BCUT2D eigenvalue weighted by Crippen LogP contribution is -2.38. The summed E-state index contributed by atoms with van der Waals surface area (Å²) in [5, 5.41) is 9.29. The van der Waals surface area contributed by atoms with Crippen molar-refractivity contribution in [1.29, 1.82) is 5.26 Å². The quantitative estimate of drug-likeness (QED) is 0.177. The lowest BCUT2D eigenvalue weighted by atomic mass is 9.75. The Hall–Kier alpha value is -7.16. The third kappa shape index (κ3) is 5.40. The number of hydrogen-bond donors (Lipinski definition) is 0. The van der Waals surface area contributed by atoms with Crippen molar-refractivity contribution in [1.82, 2.24) is 15.0 Å². The van der Waals surface area contributed by atoms with E-state index in [4.69, 9.17) is 19.7 Å². The molecule has 0 N–H and O–H groups in total. The molecule has 0 saturated heterocycles. The van der Waals surface area contributed by atoms with Crippen LogP contribution < -0.4 is 4.74 Å². The first-order valence-corrected chi connectivity index (χ1v) is 17.2. The fourth-order valence-corrected chi connectivity index (χ4v) is 7.08. The minimum Gasteiger partial charge on any atom is -0.472 e. The highest BCUT2D eigenvalue weighted by atomic mass is 16.5. The molecule has 0 spiro atoms. The second kappa shape index (κ2) is 12.9. The number of benzene rings is 7. The molecule has 5 heteroatoms. The molecule has 7 aromatic carbocycles. The molecule has 2 heterocycles. The monoisotopic (exact) mass is 666 g/mol. The van der Waals surface area contributed by atoms with Crippen LogP contribution >= 0.6 is 0 Å². The summed E-state index contributed by atoms with van der Waals surface area (Å²) in [5.41, 5.74) is 9.62. The Morgan fingerprint density at radius 2 is 0.942 bits per heavy atom. The summed E-state index contributed by atoms with van der Waals surface area (Å²) < 4.78 is 7.30. The van der Waals surface area contributed by atoms with Gasteiger partial charge in [0.15, 0.2) is 23.1 Å². The van der Waals surface area contributed by atoms with Crippen molar-refractivity contribution in [3.05, 3.63) is 204 Å². The Kier molecular flexibility index (Phi) is 7.68. The summed E-state index contributed by atoms with van der Waals surface area (Å²) in [6.45, 7) is 0. The molecule has 8 aromatic rings. The highest BCUT2D eigenvalue weighted by Gasteiger charge is 2.44. The van der Waals surface area contributed by atoms with Crippen molar-refractivity contribution in [3.63, 3.8) is 0 Å². The van der Waals surface area contributed by atoms with Gasteiger partial charge in [-0.3, -0.25) is 0 Å². The van der Waals surface area contributed by atoms with Gasteiger partial charge in [0.05, 0.1) is 11.6 Å². The van der Waals surface area contributed by atoms with E-state index in [0.29, 0.717) is 23.0 Å². The molecule has 1 aliphatic rings. The number of nitrogens with zero attached hydrogens (tertiary/aromatic N) is 4. The second-order valence-electron chi connectivity index (χ2n) is 12.7. The van der Waals surface area contributed by atoms with Gasteiger partial charge in [-0.1, -0.05) is 152 Å². The average molecular weight is 667 g/mol. The fourth-order valence-electron chi connectivity index (χ4n) is 7.08. The number of fused-ring (bicyclic) bond motifs is 3. The molecule has 1 aromatic heterocycles. The molecule has 244 valence electrons. The van der Waals surface area contributed by atoms with Crippen LogP contribution in [0, 0.1) is 11.3 Å². The van der Waals surface area contributed by atoms with Gasteiger partial charge in [-0.2, -0.15) is 5.26 Å². The van der Waals surface area contributed by atoms with Crippen molar-refractivity contribution >= 4 is 0 Å². The first-order valence-electron chi connectivity index (χ1n) is 17.2. The number of rotatable bonds is 6. The van der Waals surface area contributed by atoms with E-state index >= 15 is 0 Å². The van der Waals surface area contributed by atoms with Gasteiger partial charge in [0, 0.05) is 38.9 Å². The van der Waals surface area contributed by atoms with Gasteiger partial charge in [-0.05, 0) is 47.0 Å². The molecular formula is C47H30N4O. The molecule has 0 atom stereocenters. The molecule has 1 aliphatic heterocycles. The van der Waals surface area contributed by atoms with Crippen LogP contribution in [-0.2, 0) is 5.60 Å². The SMILES string of the molecule is N#Cc1ccc(-c2cccc(-c3nc(-c4ccccc4)nc(-c4ccc5c(c4)OC(c4ccccc4)(c4ccccc4)c4ccccc4-5)n3)c2)cc1. The van der Waals surface area contributed by atoms with Gasteiger partial charge in [-0.15, -0.1) is 0 Å². The lowest BCUT2D eigenvalue weighted by molar-refractivity contribution is 0.152. The van der Waals surface area contributed by atoms with Gasteiger partial charge in [0.1, 0.15) is 5.75 Å². The predicted molar refractivity (Wildman–Crippen MR) is 205 cm³/mol. The van der Waals surface area contributed by atoms with Gasteiger partial charge in [0.2, 0.25) is 0 Å². The van der Waals surface area contributed by atoms with E-state index in [1.165, 1.54) is 0 Å². The maximum absolute atomic E-state index is 9.29. The summed E-state index contributed by atoms with van der Waals surface area (Å²) >= 11 is 0. The van der Waals surface area contributed by atoms with Crippen LogP contribution in [0.1, 0.15) is 22.3 Å². The lowest BCUT2D eigenvalue weighted by Gasteiger charge is -2.41. The first kappa shape index (κ1) is 30.9. The molecule has 0 saturated carbocycles. The normalized spacial score (nSPS) is 12.5. The Bertz CT molecular complexity index is 2560. The zero-order chi connectivity index (χ0) is 34.9. The van der Waals surface area contributed by atoms with Crippen LogP contribution in [0.3, 0.4) is 0 Å². The maximum Gasteiger partial charge on any atom is 0.185 e. The highest BCUT2D eigenvalue weighted by Crippen LogP contribution is 2.52. The van der Waals surface area contributed by atoms with Crippen molar-refractivity contribution in [2.45, 2.75) is 5.60 Å². The summed E-state index contributed by atoms with van der Waals surface area (Å²) in [5.74, 6) is 2.43. The topological polar surface area (TPSA) is 71.7 Å². The predicted octanol–water partition coefficient (Wildman–Crippen LogP) is 10.8. The molecule has 0 unspecified atom stereocenters. The zero-order valence-corrected chi connectivity index (χ0v) is 28.0. The molecule has 52 heavy (non-hydrogen) atoms. The number of nitriles is 1. The van der Waals surface area contributed by atoms with E-state index in [-0.39, 0.29) is 0 Å².